The topological polar surface area (TPSA) is 35.2 Å². The Hall–Kier alpha value is -1.17. The number of ether oxygens (including phenoxy) is 1. The molecule has 0 amide bonds. The first kappa shape index (κ1) is 16.2. The van der Waals surface area contributed by atoms with Crippen molar-refractivity contribution in [3.63, 3.8) is 0 Å². The van der Waals surface area contributed by atoms with Crippen LogP contribution in [0.25, 0.3) is 0 Å². The van der Waals surface area contributed by atoms with E-state index in [9.17, 15) is 8.78 Å². The number of nitrogens with two attached hydrogens (primary N) is 1. The van der Waals surface area contributed by atoms with Gasteiger partial charge in [-0.15, -0.1) is 0 Å². The summed E-state index contributed by atoms with van der Waals surface area (Å²) in [6, 6.07) is 5.00. The van der Waals surface area contributed by atoms with Crippen molar-refractivity contribution in [2.75, 3.05) is 0 Å². The largest absolute Gasteiger partial charge is 0.456 e. The molecule has 2 nitrogen and oxygen atoms in total. The lowest BCUT2D eigenvalue weighted by Gasteiger charge is -2.16. The first-order valence-electron chi connectivity index (χ1n) is 6.17. The van der Waals surface area contributed by atoms with Crippen LogP contribution in [0.5, 0.6) is 11.5 Å². The van der Waals surface area contributed by atoms with Crippen molar-refractivity contribution in [2.45, 2.75) is 19.9 Å². The van der Waals surface area contributed by atoms with Crippen molar-refractivity contribution in [3.05, 3.63) is 56.5 Å². The second-order valence-electron chi connectivity index (χ2n) is 4.73. The number of halogens is 4. The molecule has 0 fully saturated rings. The van der Waals surface area contributed by atoms with Crippen molar-refractivity contribution in [1.29, 1.82) is 0 Å². The van der Waals surface area contributed by atoms with Crippen LogP contribution in [0.1, 0.15) is 24.1 Å². The van der Waals surface area contributed by atoms with Crippen molar-refractivity contribution in [3.8, 4) is 11.5 Å². The standard InChI is InChI=1S/C15H13BrClF2NO/c1-7-3-14(9(8(2)20)4-12(7)18)21-15-6-13(19)11(17)5-10(15)16/h3-6,8H,20H2,1-2H3. The molecular formula is C15H13BrClF2NO. The van der Waals surface area contributed by atoms with Gasteiger partial charge in [0.15, 0.2) is 0 Å². The second-order valence-corrected chi connectivity index (χ2v) is 5.99. The molecule has 0 heterocycles. The van der Waals surface area contributed by atoms with E-state index in [-0.39, 0.29) is 16.6 Å². The average molecular weight is 377 g/mol. The Balaban J connectivity index is 2.48. The van der Waals surface area contributed by atoms with E-state index in [4.69, 9.17) is 22.1 Å². The van der Waals surface area contributed by atoms with Crippen LogP contribution in [0.3, 0.4) is 0 Å². The Morgan fingerprint density at radius 3 is 2.43 bits per heavy atom. The van der Waals surface area contributed by atoms with E-state index in [0.29, 0.717) is 21.3 Å². The van der Waals surface area contributed by atoms with Gasteiger partial charge >= 0.3 is 0 Å². The van der Waals surface area contributed by atoms with Gasteiger partial charge in [-0.1, -0.05) is 11.6 Å². The van der Waals surface area contributed by atoms with E-state index < -0.39 is 11.9 Å². The predicted molar refractivity (Wildman–Crippen MR) is 82.9 cm³/mol. The highest BCUT2D eigenvalue weighted by atomic mass is 79.9. The molecule has 6 heteroatoms. The highest BCUT2D eigenvalue weighted by Gasteiger charge is 2.15. The van der Waals surface area contributed by atoms with E-state index in [1.165, 1.54) is 18.2 Å². The molecule has 2 aromatic rings. The summed E-state index contributed by atoms with van der Waals surface area (Å²) in [5.41, 5.74) is 6.74. The molecule has 2 N–H and O–H groups in total. The molecule has 0 bridgehead atoms. The lowest BCUT2D eigenvalue weighted by Crippen LogP contribution is -2.08. The van der Waals surface area contributed by atoms with Gasteiger partial charge in [-0.3, -0.25) is 0 Å². The zero-order valence-corrected chi connectivity index (χ0v) is 13.7. The second kappa shape index (κ2) is 6.30. The summed E-state index contributed by atoms with van der Waals surface area (Å²) < 4.78 is 33.4. The Bertz CT molecular complexity index is 692. The van der Waals surface area contributed by atoms with Gasteiger partial charge in [0.25, 0.3) is 0 Å². The number of hydrogen-bond acceptors (Lipinski definition) is 2. The Morgan fingerprint density at radius 1 is 1.14 bits per heavy atom. The summed E-state index contributed by atoms with van der Waals surface area (Å²) >= 11 is 8.94. The number of benzene rings is 2. The Kier molecular flexibility index (Phi) is 4.86. The SMILES string of the molecule is Cc1cc(Oc2cc(F)c(Cl)cc2Br)c(C(C)N)cc1F. The first-order chi connectivity index (χ1) is 9.79. The van der Waals surface area contributed by atoms with Crippen molar-refractivity contribution in [2.24, 2.45) is 5.73 Å². The zero-order chi connectivity index (χ0) is 15.7. The van der Waals surface area contributed by atoms with Crippen LogP contribution < -0.4 is 10.5 Å². The van der Waals surface area contributed by atoms with Crippen LogP contribution in [0.15, 0.2) is 28.7 Å². The normalized spacial score (nSPS) is 12.3. The molecule has 0 aromatic heterocycles. The molecule has 0 aliphatic carbocycles. The molecule has 112 valence electrons. The molecule has 0 aliphatic rings. The highest BCUT2D eigenvalue weighted by molar-refractivity contribution is 9.10. The molecule has 1 atom stereocenters. The van der Waals surface area contributed by atoms with Crippen LogP contribution in [-0.2, 0) is 0 Å². The molecule has 0 saturated heterocycles. The number of hydrogen-bond donors (Lipinski definition) is 1. The summed E-state index contributed by atoms with van der Waals surface area (Å²) in [4.78, 5) is 0. The third-order valence-electron chi connectivity index (χ3n) is 2.98. The van der Waals surface area contributed by atoms with Crippen molar-refractivity contribution >= 4 is 27.5 Å². The molecule has 0 radical (unpaired) electrons. The summed E-state index contributed by atoms with van der Waals surface area (Å²) in [6.45, 7) is 3.33. The molecular weight excluding hydrogens is 364 g/mol. The lowest BCUT2D eigenvalue weighted by molar-refractivity contribution is 0.460. The third kappa shape index (κ3) is 3.54. The monoisotopic (exact) mass is 375 g/mol. The van der Waals surface area contributed by atoms with Crippen molar-refractivity contribution < 1.29 is 13.5 Å². The van der Waals surface area contributed by atoms with Crippen LogP contribution in [-0.4, -0.2) is 0 Å². The van der Waals surface area contributed by atoms with Gasteiger partial charge in [-0.2, -0.15) is 0 Å². The number of rotatable bonds is 3. The summed E-state index contributed by atoms with van der Waals surface area (Å²) in [5.74, 6) is -0.344. The minimum atomic E-state index is -0.601. The molecule has 1 unspecified atom stereocenters. The van der Waals surface area contributed by atoms with E-state index >= 15 is 0 Å². The maximum absolute atomic E-state index is 13.7. The van der Waals surface area contributed by atoms with Crippen LogP contribution in [0.4, 0.5) is 8.78 Å². The van der Waals surface area contributed by atoms with Gasteiger partial charge in [0.05, 0.1) is 9.50 Å². The van der Waals surface area contributed by atoms with Gasteiger partial charge in [0.1, 0.15) is 23.1 Å². The minimum Gasteiger partial charge on any atom is -0.456 e. The van der Waals surface area contributed by atoms with E-state index in [1.54, 1.807) is 13.8 Å². The lowest BCUT2D eigenvalue weighted by atomic mass is 10.1. The van der Waals surface area contributed by atoms with Crippen LogP contribution >= 0.6 is 27.5 Å². The fourth-order valence-corrected chi connectivity index (χ4v) is 2.54. The van der Waals surface area contributed by atoms with Gasteiger partial charge in [0, 0.05) is 17.7 Å². The maximum Gasteiger partial charge on any atom is 0.145 e. The molecule has 2 rings (SSSR count). The fourth-order valence-electron chi connectivity index (χ4n) is 1.82. The Morgan fingerprint density at radius 2 is 1.81 bits per heavy atom. The summed E-state index contributed by atoms with van der Waals surface area (Å²) in [6.07, 6.45) is 0. The number of aryl methyl sites for hydroxylation is 1. The van der Waals surface area contributed by atoms with Crippen LogP contribution in [0, 0.1) is 18.6 Å². The average Bonchev–Trinajstić information content (AvgIpc) is 2.39. The predicted octanol–water partition coefficient (Wildman–Crippen LogP) is 5.50. The van der Waals surface area contributed by atoms with Gasteiger partial charge in [0.2, 0.25) is 0 Å². The first-order valence-corrected chi connectivity index (χ1v) is 7.34. The van der Waals surface area contributed by atoms with E-state index in [0.717, 1.165) is 6.07 Å². The fraction of sp³-hybridized carbons (Fsp3) is 0.200. The summed E-state index contributed by atoms with van der Waals surface area (Å²) in [5, 5.41) is -0.0167. The Labute approximate surface area is 135 Å². The molecule has 0 saturated carbocycles. The van der Waals surface area contributed by atoms with Gasteiger partial charge in [-0.05, 0) is 53.5 Å². The zero-order valence-electron chi connectivity index (χ0n) is 11.4. The third-order valence-corrected chi connectivity index (χ3v) is 3.89. The van der Waals surface area contributed by atoms with E-state index in [1.807, 2.05) is 0 Å². The molecule has 2 aromatic carbocycles. The molecule has 0 spiro atoms. The quantitative estimate of drug-likeness (QED) is 0.718. The van der Waals surface area contributed by atoms with Crippen LogP contribution in [0.2, 0.25) is 5.02 Å². The maximum atomic E-state index is 13.7. The highest BCUT2D eigenvalue weighted by Crippen LogP contribution is 2.37. The molecule has 21 heavy (non-hydrogen) atoms. The van der Waals surface area contributed by atoms with E-state index in [2.05, 4.69) is 15.9 Å². The van der Waals surface area contributed by atoms with Crippen molar-refractivity contribution in [1.82, 2.24) is 0 Å². The molecule has 0 aliphatic heterocycles. The smallest absolute Gasteiger partial charge is 0.145 e. The minimum absolute atomic E-state index is 0.0167. The van der Waals surface area contributed by atoms with Gasteiger partial charge < -0.3 is 10.5 Å². The summed E-state index contributed by atoms with van der Waals surface area (Å²) in [7, 11) is 0. The van der Waals surface area contributed by atoms with Gasteiger partial charge in [-0.25, -0.2) is 8.78 Å².